The van der Waals surface area contributed by atoms with E-state index in [0.717, 1.165) is 19.3 Å². The zero-order valence-corrected chi connectivity index (χ0v) is 12.8. The number of nitrogens with zero attached hydrogens (tertiary/aromatic N) is 1. The first kappa shape index (κ1) is 15.4. The molecular formula is C16H22N2O3. The van der Waals surface area contributed by atoms with Crippen molar-refractivity contribution in [2.24, 2.45) is 0 Å². The van der Waals surface area contributed by atoms with Gasteiger partial charge in [0.2, 0.25) is 0 Å². The number of rotatable bonds is 5. The average molecular weight is 290 g/mol. The molecule has 1 aliphatic heterocycles. The Kier molecular flexibility index (Phi) is 4.83. The molecule has 2 amide bonds. The minimum Gasteiger partial charge on any atom is -0.479 e. The van der Waals surface area contributed by atoms with E-state index >= 15 is 0 Å². The largest absolute Gasteiger partial charge is 0.479 e. The molecule has 1 aromatic rings. The van der Waals surface area contributed by atoms with Crippen LogP contribution in [0.3, 0.4) is 0 Å². The topological polar surface area (TPSA) is 58.6 Å². The fourth-order valence-corrected chi connectivity index (χ4v) is 2.34. The second-order valence-corrected chi connectivity index (χ2v) is 5.30. The van der Waals surface area contributed by atoms with E-state index in [2.05, 4.69) is 12.2 Å². The van der Waals surface area contributed by atoms with Crippen molar-refractivity contribution in [1.82, 2.24) is 5.32 Å². The first-order valence-electron chi connectivity index (χ1n) is 7.41. The molecule has 2 rings (SSSR count). The third-order valence-corrected chi connectivity index (χ3v) is 3.63. The Morgan fingerprint density at radius 2 is 2.14 bits per heavy atom. The molecule has 1 N–H and O–H groups in total. The van der Waals surface area contributed by atoms with Crippen LogP contribution in [0.2, 0.25) is 0 Å². The van der Waals surface area contributed by atoms with Crippen LogP contribution >= 0.6 is 0 Å². The van der Waals surface area contributed by atoms with Crippen molar-refractivity contribution >= 4 is 17.5 Å². The Hall–Kier alpha value is -2.04. The highest BCUT2D eigenvalue weighted by Crippen LogP contribution is 2.33. The number of nitrogens with one attached hydrogen (secondary N) is 1. The van der Waals surface area contributed by atoms with Crippen LogP contribution in [-0.2, 0) is 4.79 Å². The van der Waals surface area contributed by atoms with Gasteiger partial charge in [-0.05, 0) is 31.5 Å². The Balaban J connectivity index is 2.09. The molecule has 0 spiro atoms. The number of amides is 2. The summed E-state index contributed by atoms with van der Waals surface area (Å²) >= 11 is 0. The number of benzene rings is 1. The summed E-state index contributed by atoms with van der Waals surface area (Å²) in [6.45, 7) is 4.51. The van der Waals surface area contributed by atoms with Crippen molar-refractivity contribution in [3.63, 3.8) is 0 Å². The summed E-state index contributed by atoms with van der Waals surface area (Å²) in [6.07, 6.45) is 2.70. The second-order valence-electron chi connectivity index (χ2n) is 5.30. The van der Waals surface area contributed by atoms with Gasteiger partial charge in [0.15, 0.2) is 6.10 Å². The van der Waals surface area contributed by atoms with Gasteiger partial charge in [0.05, 0.1) is 5.69 Å². The SMILES string of the molecule is CCCCCNC(=O)c1ccc2c(c1)OC(C)C(=O)N2C. The van der Waals surface area contributed by atoms with Crippen molar-refractivity contribution in [3.05, 3.63) is 23.8 Å². The molecule has 1 unspecified atom stereocenters. The predicted octanol–water partition coefficient (Wildman–Crippen LogP) is 2.35. The van der Waals surface area contributed by atoms with E-state index in [0.29, 0.717) is 23.5 Å². The number of ether oxygens (including phenoxy) is 1. The zero-order chi connectivity index (χ0) is 15.4. The van der Waals surface area contributed by atoms with Crippen molar-refractivity contribution in [2.75, 3.05) is 18.5 Å². The lowest BCUT2D eigenvalue weighted by molar-refractivity contribution is -0.125. The van der Waals surface area contributed by atoms with Crippen LogP contribution < -0.4 is 15.0 Å². The highest BCUT2D eigenvalue weighted by atomic mass is 16.5. The van der Waals surface area contributed by atoms with Gasteiger partial charge in [0.1, 0.15) is 5.75 Å². The first-order valence-corrected chi connectivity index (χ1v) is 7.41. The molecular weight excluding hydrogens is 268 g/mol. The van der Waals surface area contributed by atoms with Crippen LogP contribution in [0.5, 0.6) is 5.75 Å². The molecule has 5 nitrogen and oxygen atoms in total. The third-order valence-electron chi connectivity index (χ3n) is 3.63. The van der Waals surface area contributed by atoms with E-state index in [9.17, 15) is 9.59 Å². The molecule has 1 heterocycles. The summed E-state index contributed by atoms with van der Waals surface area (Å²) in [6, 6.07) is 5.17. The van der Waals surface area contributed by atoms with E-state index in [4.69, 9.17) is 4.74 Å². The molecule has 1 aromatic carbocycles. The van der Waals surface area contributed by atoms with Crippen LogP contribution in [0.25, 0.3) is 0 Å². The van der Waals surface area contributed by atoms with Gasteiger partial charge in [-0.3, -0.25) is 9.59 Å². The summed E-state index contributed by atoms with van der Waals surface area (Å²) in [5.74, 6) is 0.384. The van der Waals surface area contributed by atoms with E-state index < -0.39 is 6.10 Å². The number of likely N-dealkylation sites (N-methyl/N-ethyl adjacent to an activating group) is 1. The lowest BCUT2D eigenvalue weighted by Gasteiger charge is -2.30. The quantitative estimate of drug-likeness (QED) is 0.847. The fourth-order valence-electron chi connectivity index (χ4n) is 2.34. The van der Waals surface area contributed by atoms with Gasteiger partial charge < -0.3 is 15.0 Å². The maximum Gasteiger partial charge on any atom is 0.267 e. The standard InChI is InChI=1S/C16H22N2O3/c1-4-5-6-9-17-15(19)12-7-8-13-14(10-12)21-11(2)16(20)18(13)3/h7-8,10-11H,4-6,9H2,1-3H3,(H,17,19). The van der Waals surface area contributed by atoms with Crippen molar-refractivity contribution in [3.8, 4) is 5.75 Å². The summed E-state index contributed by atoms with van der Waals surface area (Å²) in [4.78, 5) is 25.5. The van der Waals surface area contributed by atoms with Crippen molar-refractivity contribution in [2.45, 2.75) is 39.2 Å². The minimum absolute atomic E-state index is 0.0840. The van der Waals surface area contributed by atoms with Gasteiger partial charge in [-0.25, -0.2) is 0 Å². The predicted molar refractivity (Wildman–Crippen MR) is 81.8 cm³/mol. The number of carbonyl (C=O) groups is 2. The molecule has 1 atom stereocenters. The Bertz CT molecular complexity index is 542. The Labute approximate surface area is 125 Å². The third kappa shape index (κ3) is 3.35. The lowest BCUT2D eigenvalue weighted by atomic mass is 10.1. The monoisotopic (exact) mass is 290 g/mol. The highest BCUT2D eigenvalue weighted by Gasteiger charge is 2.29. The molecule has 21 heavy (non-hydrogen) atoms. The van der Waals surface area contributed by atoms with E-state index in [1.54, 1.807) is 37.1 Å². The molecule has 0 radical (unpaired) electrons. The van der Waals surface area contributed by atoms with Crippen LogP contribution in [0.15, 0.2) is 18.2 Å². The molecule has 0 aliphatic carbocycles. The van der Waals surface area contributed by atoms with E-state index in [1.165, 1.54) is 0 Å². The number of fused-ring (bicyclic) bond motifs is 1. The Morgan fingerprint density at radius 1 is 1.38 bits per heavy atom. The van der Waals surface area contributed by atoms with Crippen LogP contribution in [0.1, 0.15) is 43.5 Å². The maximum absolute atomic E-state index is 12.1. The normalized spacial score (nSPS) is 17.2. The summed E-state index contributed by atoms with van der Waals surface area (Å²) < 4.78 is 5.58. The maximum atomic E-state index is 12.1. The van der Waals surface area contributed by atoms with Gasteiger partial charge >= 0.3 is 0 Å². The lowest BCUT2D eigenvalue weighted by Crippen LogP contribution is -2.42. The van der Waals surface area contributed by atoms with Gasteiger partial charge in [0.25, 0.3) is 11.8 Å². The van der Waals surface area contributed by atoms with E-state index in [-0.39, 0.29) is 11.8 Å². The number of hydrogen-bond donors (Lipinski definition) is 1. The Morgan fingerprint density at radius 3 is 2.86 bits per heavy atom. The second kappa shape index (κ2) is 6.61. The highest BCUT2D eigenvalue weighted by molar-refractivity contribution is 6.01. The molecule has 114 valence electrons. The fraction of sp³-hybridized carbons (Fsp3) is 0.500. The smallest absolute Gasteiger partial charge is 0.267 e. The van der Waals surface area contributed by atoms with Gasteiger partial charge in [0, 0.05) is 19.2 Å². The molecule has 0 bridgehead atoms. The molecule has 0 saturated carbocycles. The summed E-state index contributed by atoms with van der Waals surface area (Å²) in [5.41, 5.74) is 1.25. The zero-order valence-electron chi connectivity index (χ0n) is 12.8. The molecule has 0 fully saturated rings. The van der Waals surface area contributed by atoms with Crippen molar-refractivity contribution in [1.29, 1.82) is 0 Å². The molecule has 0 saturated heterocycles. The minimum atomic E-state index is -0.523. The van der Waals surface area contributed by atoms with Crippen LogP contribution in [0, 0.1) is 0 Å². The molecule has 5 heteroatoms. The summed E-state index contributed by atoms with van der Waals surface area (Å²) in [5, 5.41) is 2.90. The van der Waals surface area contributed by atoms with Gasteiger partial charge in [-0.1, -0.05) is 19.8 Å². The average Bonchev–Trinajstić information content (AvgIpc) is 2.48. The molecule has 1 aliphatic rings. The molecule has 0 aromatic heterocycles. The number of carbonyl (C=O) groups excluding carboxylic acids is 2. The first-order chi connectivity index (χ1) is 10.0. The van der Waals surface area contributed by atoms with Crippen molar-refractivity contribution < 1.29 is 14.3 Å². The number of hydrogen-bond acceptors (Lipinski definition) is 3. The van der Waals surface area contributed by atoms with Gasteiger partial charge in [-0.2, -0.15) is 0 Å². The summed E-state index contributed by atoms with van der Waals surface area (Å²) in [7, 11) is 1.71. The van der Waals surface area contributed by atoms with E-state index in [1.807, 2.05) is 0 Å². The number of unbranched alkanes of at least 4 members (excludes halogenated alkanes) is 2. The van der Waals surface area contributed by atoms with Gasteiger partial charge in [-0.15, -0.1) is 0 Å². The van der Waals surface area contributed by atoms with Crippen LogP contribution in [0.4, 0.5) is 5.69 Å². The van der Waals surface area contributed by atoms with Crippen LogP contribution in [-0.4, -0.2) is 31.5 Å². The number of anilines is 1.